The molecule has 2 heteroatoms. The van der Waals surface area contributed by atoms with Gasteiger partial charge in [0, 0.05) is 13.1 Å². The van der Waals surface area contributed by atoms with Gasteiger partial charge < -0.3 is 4.90 Å². The van der Waals surface area contributed by atoms with Gasteiger partial charge in [0.2, 0.25) is 0 Å². The van der Waals surface area contributed by atoms with Crippen LogP contribution in [-0.4, -0.2) is 18.5 Å². The van der Waals surface area contributed by atoms with Gasteiger partial charge in [-0.3, -0.25) is 0 Å². The van der Waals surface area contributed by atoms with Crippen LogP contribution in [0.4, 0.5) is 4.39 Å². The monoisotopic (exact) mass is 193 g/mol. The molecule has 1 aliphatic carbocycles. The molecule has 0 atom stereocenters. The predicted molar refractivity (Wildman–Crippen MR) is 55.5 cm³/mol. The lowest BCUT2D eigenvalue weighted by atomic mass is 10.2. The number of halogens is 1. The molecule has 0 heterocycles. The first kappa shape index (κ1) is 9.66. The second kappa shape index (κ2) is 4.09. The average Bonchev–Trinajstić information content (AvgIpc) is 2.93. The Bertz CT molecular complexity index is 290. The molecular formula is C12H16FN. The largest absolute Gasteiger partial charge is 0.302 e. The molecule has 0 spiro atoms. The predicted octanol–water partition coefficient (Wildman–Crippen LogP) is 2.67. The quantitative estimate of drug-likeness (QED) is 0.710. The van der Waals surface area contributed by atoms with Crippen molar-refractivity contribution >= 4 is 0 Å². The third kappa shape index (κ3) is 2.81. The Hall–Kier alpha value is -0.890. The molecular weight excluding hydrogens is 177 g/mol. The van der Waals surface area contributed by atoms with E-state index in [0.29, 0.717) is 0 Å². The van der Waals surface area contributed by atoms with Crippen LogP contribution in [0.1, 0.15) is 18.4 Å². The molecule has 0 bridgehead atoms. The van der Waals surface area contributed by atoms with Crippen LogP contribution in [0.2, 0.25) is 0 Å². The fraction of sp³-hybridized carbons (Fsp3) is 0.500. The third-order valence-electron chi connectivity index (χ3n) is 2.63. The summed E-state index contributed by atoms with van der Waals surface area (Å²) >= 11 is 0. The van der Waals surface area contributed by atoms with Crippen LogP contribution in [0.25, 0.3) is 0 Å². The Balaban J connectivity index is 1.85. The van der Waals surface area contributed by atoms with Gasteiger partial charge in [0.1, 0.15) is 5.82 Å². The van der Waals surface area contributed by atoms with Gasteiger partial charge in [-0.2, -0.15) is 0 Å². The molecule has 0 N–H and O–H groups in total. The van der Waals surface area contributed by atoms with Gasteiger partial charge >= 0.3 is 0 Å². The molecule has 1 fully saturated rings. The van der Waals surface area contributed by atoms with Crippen molar-refractivity contribution in [3.05, 3.63) is 35.6 Å². The molecule has 0 unspecified atom stereocenters. The van der Waals surface area contributed by atoms with Crippen LogP contribution in [0.3, 0.4) is 0 Å². The minimum atomic E-state index is -0.154. The van der Waals surface area contributed by atoms with Gasteiger partial charge in [-0.1, -0.05) is 12.1 Å². The van der Waals surface area contributed by atoms with Crippen molar-refractivity contribution in [3.63, 3.8) is 0 Å². The van der Waals surface area contributed by atoms with Crippen LogP contribution < -0.4 is 0 Å². The number of benzene rings is 1. The standard InChI is InChI=1S/C12H16FN/c1-14(8-10-2-3-10)9-11-4-6-12(13)7-5-11/h4-7,10H,2-3,8-9H2,1H3. The summed E-state index contributed by atoms with van der Waals surface area (Å²) < 4.78 is 12.6. The Kier molecular flexibility index (Phi) is 2.82. The molecule has 0 radical (unpaired) electrons. The summed E-state index contributed by atoms with van der Waals surface area (Å²) in [5.74, 6) is 0.763. The first-order valence-electron chi connectivity index (χ1n) is 5.17. The SMILES string of the molecule is CN(Cc1ccc(F)cc1)CC1CC1. The fourth-order valence-corrected chi connectivity index (χ4v) is 1.71. The maximum Gasteiger partial charge on any atom is 0.123 e. The van der Waals surface area contributed by atoms with Crippen molar-refractivity contribution in [1.82, 2.24) is 4.90 Å². The lowest BCUT2D eigenvalue weighted by molar-refractivity contribution is 0.313. The third-order valence-corrected chi connectivity index (χ3v) is 2.63. The zero-order valence-electron chi connectivity index (χ0n) is 8.54. The topological polar surface area (TPSA) is 3.24 Å². The van der Waals surface area contributed by atoms with E-state index in [2.05, 4.69) is 11.9 Å². The Morgan fingerprint density at radius 2 is 1.93 bits per heavy atom. The van der Waals surface area contributed by atoms with E-state index in [9.17, 15) is 4.39 Å². The van der Waals surface area contributed by atoms with Gasteiger partial charge in [0.05, 0.1) is 0 Å². The maximum atomic E-state index is 12.6. The maximum absolute atomic E-state index is 12.6. The normalized spacial score (nSPS) is 16.2. The van der Waals surface area contributed by atoms with Crippen molar-refractivity contribution in [2.24, 2.45) is 5.92 Å². The van der Waals surface area contributed by atoms with Crippen molar-refractivity contribution in [2.75, 3.05) is 13.6 Å². The highest BCUT2D eigenvalue weighted by Crippen LogP contribution is 2.29. The Morgan fingerprint density at radius 1 is 1.29 bits per heavy atom. The van der Waals surface area contributed by atoms with E-state index in [1.165, 1.54) is 37.1 Å². The van der Waals surface area contributed by atoms with Crippen molar-refractivity contribution < 1.29 is 4.39 Å². The highest BCUT2D eigenvalue weighted by Gasteiger charge is 2.22. The van der Waals surface area contributed by atoms with Crippen LogP contribution in [0.5, 0.6) is 0 Å². The molecule has 1 aliphatic rings. The van der Waals surface area contributed by atoms with E-state index < -0.39 is 0 Å². The summed E-state index contributed by atoms with van der Waals surface area (Å²) in [6.07, 6.45) is 2.77. The lowest BCUT2D eigenvalue weighted by Crippen LogP contribution is -2.20. The summed E-state index contributed by atoms with van der Waals surface area (Å²) in [7, 11) is 2.13. The van der Waals surface area contributed by atoms with E-state index in [4.69, 9.17) is 0 Å². The highest BCUT2D eigenvalue weighted by molar-refractivity contribution is 5.15. The molecule has 0 aromatic heterocycles. The molecule has 0 amide bonds. The van der Waals surface area contributed by atoms with Crippen molar-refractivity contribution in [1.29, 1.82) is 0 Å². The minimum Gasteiger partial charge on any atom is -0.302 e. The molecule has 0 saturated heterocycles. The highest BCUT2D eigenvalue weighted by atomic mass is 19.1. The number of hydrogen-bond acceptors (Lipinski definition) is 1. The van der Waals surface area contributed by atoms with E-state index in [1.54, 1.807) is 0 Å². The molecule has 1 saturated carbocycles. The molecule has 1 aromatic carbocycles. The van der Waals surface area contributed by atoms with E-state index in [-0.39, 0.29) is 5.82 Å². The Labute approximate surface area is 84.5 Å². The van der Waals surface area contributed by atoms with Gasteiger partial charge in [-0.05, 0) is 43.5 Å². The van der Waals surface area contributed by atoms with E-state index in [0.717, 1.165) is 12.5 Å². The van der Waals surface area contributed by atoms with Gasteiger partial charge in [0.25, 0.3) is 0 Å². The smallest absolute Gasteiger partial charge is 0.123 e. The summed E-state index contributed by atoms with van der Waals surface area (Å²) in [5.41, 5.74) is 1.19. The summed E-state index contributed by atoms with van der Waals surface area (Å²) in [6.45, 7) is 2.11. The van der Waals surface area contributed by atoms with Crippen LogP contribution in [0.15, 0.2) is 24.3 Å². The molecule has 1 nitrogen and oxygen atoms in total. The minimum absolute atomic E-state index is 0.154. The molecule has 0 aliphatic heterocycles. The summed E-state index contributed by atoms with van der Waals surface area (Å²) in [4.78, 5) is 2.31. The van der Waals surface area contributed by atoms with Crippen LogP contribution >= 0.6 is 0 Å². The second-order valence-corrected chi connectivity index (χ2v) is 4.27. The number of nitrogens with zero attached hydrogens (tertiary/aromatic N) is 1. The lowest BCUT2D eigenvalue weighted by Gasteiger charge is -2.15. The van der Waals surface area contributed by atoms with Crippen molar-refractivity contribution in [3.8, 4) is 0 Å². The zero-order valence-corrected chi connectivity index (χ0v) is 8.54. The van der Waals surface area contributed by atoms with Gasteiger partial charge in [0.15, 0.2) is 0 Å². The molecule has 2 rings (SSSR count). The fourth-order valence-electron chi connectivity index (χ4n) is 1.71. The average molecular weight is 193 g/mol. The number of hydrogen-bond donors (Lipinski definition) is 0. The summed E-state index contributed by atoms with van der Waals surface area (Å²) in [6, 6.07) is 6.78. The molecule has 14 heavy (non-hydrogen) atoms. The van der Waals surface area contributed by atoms with E-state index >= 15 is 0 Å². The van der Waals surface area contributed by atoms with Crippen molar-refractivity contribution in [2.45, 2.75) is 19.4 Å². The number of rotatable bonds is 4. The first-order chi connectivity index (χ1) is 6.74. The summed E-state index contributed by atoms with van der Waals surface area (Å²) in [5, 5.41) is 0. The van der Waals surface area contributed by atoms with E-state index in [1.807, 2.05) is 12.1 Å². The van der Waals surface area contributed by atoms with Gasteiger partial charge in [-0.15, -0.1) is 0 Å². The zero-order chi connectivity index (χ0) is 9.97. The first-order valence-corrected chi connectivity index (χ1v) is 5.17. The Morgan fingerprint density at radius 3 is 2.50 bits per heavy atom. The second-order valence-electron chi connectivity index (χ2n) is 4.27. The van der Waals surface area contributed by atoms with Crippen LogP contribution in [0, 0.1) is 11.7 Å². The van der Waals surface area contributed by atoms with Gasteiger partial charge in [-0.25, -0.2) is 4.39 Å². The van der Waals surface area contributed by atoms with Crippen LogP contribution in [-0.2, 0) is 6.54 Å². The molecule has 1 aromatic rings. The molecule has 76 valence electrons.